The van der Waals surface area contributed by atoms with E-state index in [4.69, 9.17) is 0 Å². The van der Waals surface area contributed by atoms with Crippen LogP contribution in [0.3, 0.4) is 0 Å². The fourth-order valence-corrected chi connectivity index (χ4v) is 6.12. The van der Waals surface area contributed by atoms with Crippen LogP contribution in [-0.4, -0.2) is 62.8 Å². The summed E-state index contributed by atoms with van der Waals surface area (Å²) in [5.74, 6) is -0.146. The van der Waals surface area contributed by atoms with Crippen LogP contribution in [0.5, 0.6) is 0 Å². The quantitative estimate of drug-likeness (QED) is 0.846. The molecule has 2 aliphatic heterocycles. The number of amides is 1. The molecule has 6 nitrogen and oxygen atoms in total. The number of sulfonamides is 1. The van der Waals surface area contributed by atoms with E-state index in [0.29, 0.717) is 37.1 Å². The molecular weight excluding hydrogens is 370 g/mol. The highest BCUT2D eigenvalue weighted by Crippen LogP contribution is 2.29. The summed E-state index contributed by atoms with van der Waals surface area (Å²) in [6.07, 6.45) is 3.60. The van der Waals surface area contributed by atoms with E-state index in [1.54, 1.807) is 16.3 Å². The van der Waals surface area contributed by atoms with E-state index in [1.165, 1.54) is 15.6 Å². The van der Waals surface area contributed by atoms with Crippen molar-refractivity contribution in [3.05, 3.63) is 16.3 Å². The molecule has 1 aromatic heterocycles. The van der Waals surface area contributed by atoms with E-state index >= 15 is 0 Å². The number of carbonyl (C=O) groups is 1. The Bertz CT molecular complexity index is 663. The summed E-state index contributed by atoms with van der Waals surface area (Å²) >= 11 is 1.23. The minimum Gasteiger partial charge on any atom is -0.338 e. The van der Waals surface area contributed by atoms with Gasteiger partial charge in [0.15, 0.2) is 0 Å². The second-order valence-electron chi connectivity index (χ2n) is 6.08. The van der Waals surface area contributed by atoms with Gasteiger partial charge in [-0.05, 0) is 44.2 Å². The Morgan fingerprint density at radius 1 is 1.21 bits per heavy atom. The molecule has 0 unspecified atom stereocenters. The normalized spacial score (nSPS) is 20.1. The SMILES string of the molecule is CNC1CCN(C(=O)c2sccc2S(=O)(=O)N2CCCC2)CC1.Cl. The van der Waals surface area contributed by atoms with E-state index in [0.717, 1.165) is 25.7 Å². The molecule has 3 rings (SSSR count). The molecule has 3 heterocycles. The van der Waals surface area contributed by atoms with Gasteiger partial charge >= 0.3 is 0 Å². The molecule has 0 atom stereocenters. The maximum absolute atomic E-state index is 12.8. The van der Waals surface area contributed by atoms with Gasteiger partial charge in [0.2, 0.25) is 10.0 Å². The summed E-state index contributed by atoms with van der Waals surface area (Å²) in [6, 6.07) is 2.02. The van der Waals surface area contributed by atoms with E-state index in [-0.39, 0.29) is 23.2 Å². The molecule has 0 aromatic carbocycles. The van der Waals surface area contributed by atoms with Gasteiger partial charge in [-0.3, -0.25) is 4.79 Å². The third-order valence-electron chi connectivity index (χ3n) is 4.70. The molecule has 0 saturated carbocycles. The Morgan fingerprint density at radius 3 is 2.42 bits per heavy atom. The lowest BCUT2D eigenvalue weighted by Crippen LogP contribution is -2.44. The smallest absolute Gasteiger partial charge is 0.265 e. The Hall–Kier alpha value is -0.670. The predicted molar refractivity (Wildman–Crippen MR) is 97.5 cm³/mol. The first-order chi connectivity index (χ1) is 11.0. The summed E-state index contributed by atoms with van der Waals surface area (Å²) < 4.78 is 27.0. The third kappa shape index (κ3) is 3.77. The Balaban J connectivity index is 0.00000208. The zero-order valence-electron chi connectivity index (χ0n) is 13.7. The van der Waals surface area contributed by atoms with Crippen LogP contribution in [0.25, 0.3) is 0 Å². The molecule has 0 bridgehead atoms. The summed E-state index contributed by atoms with van der Waals surface area (Å²) in [5, 5.41) is 4.94. The van der Waals surface area contributed by atoms with E-state index in [1.807, 2.05) is 7.05 Å². The first-order valence-electron chi connectivity index (χ1n) is 8.08. The van der Waals surface area contributed by atoms with Gasteiger partial charge in [0.25, 0.3) is 5.91 Å². The minimum atomic E-state index is -3.54. The lowest BCUT2D eigenvalue weighted by Gasteiger charge is -2.31. The second kappa shape index (κ2) is 8.14. The van der Waals surface area contributed by atoms with Crippen molar-refractivity contribution in [2.75, 3.05) is 33.2 Å². The average Bonchev–Trinajstić information content (AvgIpc) is 3.25. The van der Waals surface area contributed by atoms with Gasteiger partial charge in [-0.25, -0.2) is 8.42 Å². The van der Waals surface area contributed by atoms with Gasteiger partial charge in [-0.1, -0.05) is 0 Å². The van der Waals surface area contributed by atoms with Crippen molar-refractivity contribution in [2.45, 2.75) is 36.6 Å². The molecule has 1 N–H and O–H groups in total. The molecule has 1 amide bonds. The molecule has 24 heavy (non-hydrogen) atoms. The Labute approximate surface area is 153 Å². The second-order valence-corrected chi connectivity index (χ2v) is 8.90. The van der Waals surface area contributed by atoms with Crippen molar-refractivity contribution in [1.29, 1.82) is 0 Å². The Morgan fingerprint density at radius 2 is 1.83 bits per heavy atom. The molecule has 9 heteroatoms. The molecule has 0 aliphatic carbocycles. The van der Waals surface area contributed by atoms with Crippen molar-refractivity contribution in [3.63, 3.8) is 0 Å². The van der Waals surface area contributed by atoms with Crippen LogP contribution in [0.15, 0.2) is 16.3 Å². The van der Waals surface area contributed by atoms with Gasteiger partial charge in [-0.15, -0.1) is 23.7 Å². The molecule has 0 radical (unpaired) electrons. The van der Waals surface area contributed by atoms with Crippen LogP contribution in [0.2, 0.25) is 0 Å². The number of thiophene rings is 1. The number of rotatable bonds is 4. The molecule has 136 valence electrons. The fourth-order valence-electron chi connectivity index (χ4n) is 3.24. The van der Waals surface area contributed by atoms with Crippen LogP contribution < -0.4 is 5.32 Å². The van der Waals surface area contributed by atoms with Crippen LogP contribution in [-0.2, 0) is 10.0 Å². The van der Waals surface area contributed by atoms with Crippen molar-refractivity contribution in [3.8, 4) is 0 Å². The monoisotopic (exact) mass is 393 g/mol. The van der Waals surface area contributed by atoms with Gasteiger partial charge in [0, 0.05) is 32.2 Å². The highest BCUT2D eigenvalue weighted by molar-refractivity contribution is 7.89. The average molecular weight is 394 g/mol. The van der Waals surface area contributed by atoms with Gasteiger partial charge in [0.05, 0.1) is 0 Å². The molecule has 2 saturated heterocycles. The highest BCUT2D eigenvalue weighted by atomic mass is 35.5. The van der Waals surface area contributed by atoms with Gasteiger partial charge < -0.3 is 10.2 Å². The molecule has 2 fully saturated rings. The third-order valence-corrected chi connectivity index (χ3v) is 7.67. The number of carbonyl (C=O) groups excluding carboxylic acids is 1. The largest absolute Gasteiger partial charge is 0.338 e. The van der Waals surface area contributed by atoms with E-state index in [9.17, 15) is 13.2 Å². The van der Waals surface area contributed by atoms with Crippen LogP contribution in [0.4, 0.5) is 0 Å². The van der Waals surface area contributed by atoms with Gasteiger partial charge in [-0.2, -0.15) is 4.31 Å². The van der Waals surface area contributed by atoms with Crippen LogP contribution in [0.1, 0.15) is 35.4 Å². The molecule has 2 aliphatic rings. The lowest BCUT2D eigenvalue weighted by atomic mass is 10.1. The number of likely N-dealkylation sites (tertiary alicyclic amines) is 1. The van der Waals surface area contributed by atoms with Gasteiger partial charge in [0.1, 0.15) is 9.77 Å². The number of halogens is 1. The minimum absolute atomic E-state index is 0. The molecular formula is C15H24ClN3O3S2. The molecule has 0 spiro atoms. The summed E-state index contributed by atoms with van der Waals surface area (Å²) in [7, 11) is -1.61. The maximum Gasteiger partial charge on any atom is 0.265 e. The van der Waals surface area contributed by atoms with Crippen molar-refractivity contribution in [1.82, 2.24) is 14.5 Å². The highest BCUT2D eigenvalue weighted by Gasteiger charge is 2.33. The summed E-state index contributed by atoms with van der Waals surface area (Å²) in [4.78, 5) is 15.1. The van der Waals surface area contributed by atoms with Crippen molar-refractivity contribution in [2.24, 2.45) is 0 Å². The van der Waals surface area contributed by atoms with Crippen molar-refractivity contribution < 1.29 is 13.2 Å². The zero-order valence-corrected chi connectivity index (χ0v) is 16.2. The number of nitrogens with one attached hydrogen (secondary N) is 1. The first-order valence-corrected chi connectivity index (χ1v) is 10.4. The standard InChI is InChI=1S/C15H23N3O3S2.ClH/c1-16-12-4-9-17(10-5-12)15(19)14-13(6-11-22-14)23(20,21)18-7-2-3-8-18;/h6,11-12,16H,2-5,7-10H2,1H3;1H. The predicted octanol–water partition coefficient (Wildman–Crippen LogP) is 1.78. The number of hydrogen-bond donors (Lipinski definition) is 1. The summed E-state index contributed by atoms with van der Waals surface area (Å²) in [5.41, 5.74) is 0. The summed E-state index contributed by atoms with van der Waals surface area (Å²) in [6.45, 7) is 2.45. The van der Waals surface area contributed by atoms with Crippen LogP contribution >= 0.6 is 23.7 Å². The topological polar surface area (TPSA) is 69.7 Å². The Kier molecular flexibility index (Phi) is 6.66. The van der Waals surface area contributed by atoms with Crippen molar-refractivity contribution >= 4 is 39.7 Å². The number of nitrogens with zero attached hydrogens (tertiary/aromatic N) is 2. The van der Waals surface area contributed by atoms with E-state index < -0.39 is 10.0 Å². The van der Waals surface area contributed by atoms with Crippen LogP contribution in [0, 0.1) is 0 Å². The maximum atomic E-state index is 12.8. The molecule has 1 aromatic rings. The number of hydrogen-bond acceptors (Lipinski definition) is 5. The zero-order chi connectivity index (χ0) is 16.4. The first kappa shape index (κ1) is 19.7. The number of piperidine rings is 1. The fraction of sp³-hybridized carbons (Fsp3) is 0.667. The lowest BCUT2D eigenvalue weighted by molar-refractivity contribution is 0.0708. The van der Waals surface area contributed by atoms with E-state index in [2.05, 4.69) is 5.32 Å².